The standard InChI is InChI=1S/C25H30N2O5.C2H6.H2/c1-5-18-23(25(29)31-13-17-10-14(2)27-32-17)15(3)26-20-11-16(12-21(28)24(18)20)19-8-6-7-9-22(19)30-4;1-2;/h6-10,14,16,18,26-27H,5,11-13H2,1-4H3;1-2H3;1H/t14?,16-,18?;;/m1../s1. The molecule has 186 valence electrons. The topological polar surface area (TPSA) is 85.9 Å². The first-order valence-electron chi connectivity index (χ1n) is 12.1. The molecule has 1 aromatic carbocycles. The normalized spacial score (nSPS) is 23.8. The molecule has 1 aromatic rings. The Bertz CT molecular complexity index is 1030. The Hall–Kier alpha value is -3.06. The smallest absolute Gasteiger partial charge is 0.336 e. The lowest BCUT2D eigenvalue weighted by Gasteiger charge is -2.36. The van der Waals surface area contributed by atoms with Gasteiger partial charge in [0.15, 0.2) is 18.1 Å². The van der Waals surface area contributed by atoms with Crippen LogP contribution < -0.4 is 15.5 Å². The van der Waals surface area contributed by atoms with E-state index in [4.69, 9.17) is 14.3 Å². The van der Waals surface area contributed by atoms with E-state index in [0.29, 0.717) is 36.2 Å². The van der Waals surface area contributed by atoms with Crippen molar-refractivity contribution in [3.05, 3.63) is 64.2 Å². The van der Waals surface area contributed by atoms with Crippen molar-refractivity contribution in [2.45, 2.75) is 65.8 Å². The number of ketones is 1. The maximum Gasteiger partial charge on any atom is 0.336 e. The second kappa shape index (κ2) is 11.4. The molecule has 0 bridgehead atoms. The molecular formula is C27H38N2O5. The number of hydrogen-bond donors (Lipinski definition) is 2. The van der Waals surface area contributed by atoms with Gasteiger partial charge in [0.1, 0.15) is 5.75 Å². The third-order valence-corrected chi connectivity index (χ3v) is 6.31. The fourth-order valence-corrected chi connectivity index (χ4v) is 4.89. The lowest BCUT2D eigenvalue weighted by molar-refractivity contribution is -0.139. The lowest BCUT2D eigenvalue weighted by Crippen LogP contribution is -2.37. The number of benzene rings is 1. The van der Waals surface area contributed by atoms with E-state index in [9.17, 15) is 9.59 Å². The summed E-state index contributed by atoms with van der Waals surface area (Å²) in [6.45, 7) is 9.87. The van der Waals surface area contributed by atoms with E-state index in [-0.39, 0.29) is 31.7 Å². The van der Waals surface area contributed by atoms with Gasteiger partial charge in [-0.1, -0.05) is 39.0 Å². The number of ether oxygens (including phenoxy) is 2. The first-order valence-corrected chi connectivity index (χ1v) is 12.1. The van der Waals surface area contributed by atoms with Crippen LogP contribution in [0.25, 0.3) is 0 Å². The minimum Gasteiger partial charge on any atom is -0.496 e. The molecule has 7 nitrogen and oxygen atoms in total. The molecule has 0 fully saturated rings. The molecule has 4 rings (SSSR count). The highest BCUT2D eigenvalue weighted by molar-refractivity contribution is 6.02. The van der Waals surface area contributed by atoms with E-state index in [1.807, 2.05) is 65.0 Å². The summed E-state index contributed by atoms with van der Waals surface area (Å²) in [4.78, 5) is 31.6. The number of carbonyl (C=O) groups is 2. The van der Waals surface area contributed by atoms with Crippen molar-refractivity contribution in [3.63, 3.8) is 0 Å². The largest absolute Gasteiger partial charge is 0.496 e. The van der Waals surface area contributed by atoms with Gasteiger partial charge in [0.05, 0.1) is 18.7 Å². The molecule has 0 spiro atoms. The summed E-state index contributed by atoms with van der Waals surface area (Å²) in [5.41, 5.74) is 6.71. The van der Waals surface area contributed by atoms with Gasteiger partial charge in [0.2, 0.25) is 0 Å². The van der Waals surface area contributed by atoms with E-state index in [1.54, 1.807) is 7.11 Å². The molecule has 0 saturated carbocycles. The maximum absolute atomic E-state index is 13.3. The number of hydroxylamine groups is 1. The molecule has 2 N–H and O–H groups in total. The predicted molar refractivity (Wildman–Crippen MR) is 133 cm³/mol. The molecule has 3 aliphatic rings. The zero-order valence-corrected chi connectivity index (χ0v) is 21.0. The maximum atomic E-state index is 13.3. The fraction of sp³-hybridized carbons (Fsp3) is 0.481. The molecule has 34 heavy (non-hydrogen) atoms. The zero-order valence-electron chi connectivity index (χ0n) is 21.0. The second-order valence-electron chi connectivity index (χ2n) is 8.50. The van der Waals surface area contributed by atoms with Crippen LogP contribution in [0, 0.1) is 5.92 Å². The number of rotatable bonds is 6. The quantitative estimate of drug-likeness (QED) is 0.571. The summed E-state index contributed by atoms with van der Waals surface area (Å²) >= 11 is 0. The van der Waals surface area contributed by atoms with Gasteiger partial charge in [-0.3, -0.25) is 4.79 Å². The molecule has 2 heterocycles. The summed E-state index contributed by atoms with van der Waals surface area (Å²) in [6, 6.07) is 7.91. The SMILES string of the molecule is CC.CCC1C(C(=O)OCC2=CC(C)NO2)=C(C)NC2=C1C(=O)C[C@H](c1ccccc1OC)C2.[HH]. The van der Waals surface area contributed by atoms with Crippen LogP contribution in [0.5, 0.6) is 5.75 Å². The number of methoxy groups -OCH3 is 1. The van der Waals surface area contributed by atoms with Crippen LogP contribution in [0.1, 0.15) is 66.8 Å². The molecule has 0 radical (unpaired) electrons. The number of hydrogen-bond acceptors (Lipinski definition) is 7. The first-order chi connectivity index (χ1) is 16.4. The van der Waals surface area contributed by atoms with Gasteiger partial charge in [-0.15, -0.1) is 0 Å². The van der Waals surface area contributed by atoms with Crippen LogP contribution in [-0.2, 0) is 19.2 Å². The highest BCUT2D eigenvalue weighted by atomic mass is 16.7. The Morgan fingerprint density at radius 3 is 2.62 bits per heavy atom. The predicted octanol–water partition coefficient (Wildman–Crippen LogP) is 4.92. The Labute approximate surface area is 203 Å². The van der Waals surface area contributed by atoms with Gasteiger partial charge in [0, 0.05) is 36.7 Å². The summed E-state index contributed by atoms with van der Waals surface area (Å²) in [7, 11) is 1.65. The molecule has 3 atom stereocenters. The van der Waals surface area contributed by atoms with Crippen molar-refractivity contribution < 1.29 is 25.3 Å². The average Bonchev–Trinajstić information content (AvgIpc) is 3.27. The molecule has 0 aromatic heterocycles. The highest BCUT2D eigenvalue weighted by Crippen LogP contribution is 2.44. The van der Waals surface area contributed by atoms with Crippen molar-refractivity contribution >= 4 is 11.8 Å². The Morgan fingerprint density at radius 2 is 1.97 bits per heavy atom. The summed E-state index contributed by atoms with van der Waals surface area (Å²) in [5, 5.41) is 3.35. The van der Waals surface area contributed by atoms with E-state index in [2.05, 4.69) is 10.8 Å². The highest BCUT2D eigenvalue weighted by Gasteiger charge is 2.40. The lowest BCUT2D eigenvalue weighted by atomic mass is 9.73. The van der Waals surface area contributed by atoms with Gasteiger partial charge < -0.3 is 19.6 Å². The Kier molecular flexibility index (Phi) is 8.56. The summed E-state index contributed by atoms with van der Waals surface area (Å²) in [6.07, 6.45) is 3.60. The fourth-order valence-electron chi connectivity index (χ4n) is 4.89. The van der Waals surface area contributed by atoms with Gasteiger partial charge >= 0.3 is 5.97 Å². The number of carbonyl (C=O) groups excluding carboxylic acids is 2. The third-order valence-electron chi connectivity index (χ3n) is 6.31. The third kappa shape index (κ3) is 5.20. The Morgan fingerprint density at radius 1 is 1.24 bits per heavy atom. The van der Waals surface area contributed by atoms with Crippen LogP contribution in [0.4, 0.5) is 0 Å². The minimum absolute atomic E-state index is 0. The summed E-state index contributed by atoms with van der Waals surface area (Å²) in [5.74, 6) is 0.775. The second-order valence-corrected chi connectivity index (χ2v) is 8.50. The molecular weight excluding hydrogens is 432 g/mol. The van der Waals surface area contributed by atoms with Crippen molar-refractivity contribution in [3.8, 4) is 5.75 Å². The number of esters is 1. The van der Waals surface area contributed by atoms with Crippen molar-refractivity contribution in [1.29, 1.82) is 0 Å². The molecule has 1 aliphatic carbocycles. The number of dihydropyridines is 1. The monoisotopic (exact) mass is 470 g/mol. The number of nitrogens with one attached hydrogen (secondary N) is 2. The minimum atomic E-state index is -0.419. The first kappa shape index (κ1) is 25.6. The average molecular weight is 471 g/mol. The van der Waals surface area contributed by atoms with Crippen molar-refractivity contribution in [2.75, 3.05) is 13.7 Å². The number of allylic oxidation sites excluding steroid dienone is 3. The van der Waals surface area contributed by atoms with E-state index >= 15 is 0 Å². The van der Waals surface area contributed by atoms with Crippen molar-refractivity contribution in [1.82, 2.24) is 10.8 Å². The van der Waals surface area contributed by atoms with Crippen molar-refractivity contribution in [2.24, 2.45) is 5.92 Å². The Balaban J connectivity index is 0.00000140. The van der Waals surface area contributed by atoms with Crippen LogP contribution in [0.15, 0.2) is 58.6 Å². The van der Waals surface area contributed by atoms with Crippen LogP contribution >= 0.6 is 0 Å². The van der Waals surface area contributed by atoms with Gasteiger partial charge in [-0.25, -0.2) is 4.79 Å². The van der Waals surface area contributed by atoms with Gasteiger partial charge in [0.25, 0.3) is 0 Å². The summed E-state index contributed by atoms with van der Waals surface area (Å²) < 4.78 is 11.1. The van der Waals surface area contributed by atoms with Gasteiger partial charge in [-0.2, -0.15) is 5.48 Å². The van der Waals surface area contributed by atoms with E-state index in [1.165, 1.54) is 0 Å². The van der Waals surface area contributed by atoms with Crippen LogP contribution in [-0.4, -0.2) is 31.5 Å². The van der Waals surface area contributed by atoms with E-state index < -0.39 is 5.97 Å². The van der Waals surface area contributed by atoms with E-state index in [0.717, 1.165) is 22.7 Å². The molecule has 0 saturated heterocycles. The van der Waals surface area contributed by atoms with Gasteiger partial charge in [-0.05, 0) is 44.4 Å². The molecule has 2 unspecified atom stereocenters. The van der Waals surface area contributed by atoms with Crippen LogP contribution in [0.2, 0.25) is 0 Å². The number of para-hydroxylation sites is 1. The molecule has 0 amide bonds. The number of Topliss-reactive ketones (excluding diaryl/α,β-unsaturated/α-hetero) is 1. The van der Waals surface area contributed by atoms with Crippen LogP contribution in [0.3, 0.4) is 0 Å². The molecule has 2 aliphatic heterocycles. The zero-order chi connectivity index (χ0) is 24.8. The molecule has 7 heteroatoms.